The Kier molecular flexibility index (Phi) is 4.60. The molecule has 2 aliphatic heterocycles. The van der Waals surface area contributed by atoms with Crippen LogP contribution in [-0.4, -0.2) is 49.6 Å². The van der Waals surface area contributed by atoms with Gasteiger partial charge in [-0.3, -0.25) is 4.79 Å². The Hall–Kier alpha value is -0.610. The molecule has 0 bridgehead atoms. The number of carbonyl (C=O) groups is 1. The van der Waals surface area contributed by atoms with Gasteiger partial charge in [0.05, 0.1) is 6.54 Å². The molecule has 0 aromatic carbocycles. The maximum atomic E-state index is 11.8. The van der Waals surface area contributed by atoms with Gasteiger partial charge in [0, 0.05) is 25.7 Å². The first-order chi connectivity index (χ1) is 7.86. The number of hydrogen-bond acceptors (Lipinski definition) is 3. The minimum Gasteiger partial charge on any atom is -0.342 e. The highest BCUT2D eigenvalue weighted by Gasteiger charge is 2.17. The Bertz CT molecular complexity index is 220. The molecule has 1 unspecified atom stereocenters. The SMILES string of the molecule is O=C(CNCC1CCCN1)N1CCCCC1. The first-order valence-electron chi connectivity index (χ1n) is 6.58. The second kappa shape index (κ2) is 6.21. The van der Waals surface area contributed by atoms with Gasteiger partial charge in [0.2, 0.25) is 5.91 Å². The zero-order valence-electron chi connectivity index (χ0n) is 10.0. The van der Waals surface area contributed by atoms with Crippen LogP contribution in [0, 0.1) is 0 Å². The van der Waals surface area contributed by atoms with Gasteiger partial charge >= 0.3 is 0 Å². The van der Waals surface area contributed by atoms with Crippen LogP contribution >= 0.6 is 0 Å². The molecule has 16 heavy (non-hydrogen) atoms. The molecule has 0 radical (unpaired) electrons. The van der Waals surface area contributed by atoms with E-state index in [0.717, 1.165) is 26.2 Å². The van der Waals surface area contributed by atoms with Crippen molar-refractivity contribution >= 4 is 5.91 Å². The van der Waals surface area contributed by atoms with E-state index >= 15 is 0 Å². The highest BCUT2D eigenvalue weighted by molar-refractivity contribution is 5.78. The van der Waals surface area contributed by atoms with Gasteiger partial charge < -0.3 is 15.5 Å². The Morgan fingerprint density at radius 1 is 1.25 bits per heavy atom. The van der Waals surface area contributed by atoms with Crippen molar-refractivity contribution in [3.05, 3.63) is 0 Å². The van der Waals surface area contributed by atoms with Crippen LogP contribution in [0.1, 0.15) is 32.1 Å². The third-order valence-corrected chi connectivity index (χ3v) is 3.54. The molecule has 2 aliphatic rings. The number of nitrogens with one attached hydrogen (secondary N) is 2. The van der Waals surface area contributed by atoms with Crippen molar-refractivity contribution in [3.63, 3.8) is 0 Å². The van der Waals surface area contributed by atoms with Gasteiger partial charge in [0.25, 0.3) is 0 Å². The van der Waals surface area contributed by atoms with Gasteiger partial charge in [-0.2, -0.15) is 0 Å². The van der Waals surface area contributed by atoms with Gasteiger partial charge in [-0.25, -0.2) is 0 Å². The van der Waals surface area contributed by atoms with E-state index in [0.29, 0.717) is 12.6 Å². The van der Waals surface area contributed by atoms with Gasteiger partial charge in [0.1, 0.15) is 0 Å². The van der Waals surface area contributed by atoms with Crippen LogP contribution in [0.5, 0.6) is 0 Å². The lowest BCUT2D eigenvalue weighted by Gasteiger charge is -2.27. The van der Waals surface area contributed by atoms with E-state index in [9.17, 15) is 4.79 Å². The summed E-state index contributed by atoms with van der Waals surface area (Å²) in [5.74, 6) is 0.276. The van der Waals surface area contributed by atoms with E-state index in [4.69, 9.17) is 0 Å². The molecule has 4 heteroatoms. The molecule has 1 amide bonds. The summed E-state index contributed by atoms with van der Waals surface area (Å²) in [6.07, 6.45) is 6.15. The third-order valence-electron chi connectivity index (χ3n) is 3.54. The quantitative estimate of drug-likeness (QED) is 0.725. The van der Waals surface area contributed by atoms with E-state index in [1.807, 2.05) is 4.90 Å². The molecule has 2 saturated heterocycles. The lowest BCUT2D eigenvalue weighted by molar-refractivity contribution is -0.131. The molecule has 2 N–H and O–H groups in total. The van der Waals surface area contributed by atoms with E-state index in [2.05, 4.69) is 10.6 Å². The Balaban J connectivity index is 1.59. The van der Waals surface area contributed by atoms with Gasteiger partial charge in [-0.15, -0.1) is 0 Å². The summed E-state index contributed by atoms with van der Waals surface area (Å²) in [7, 11) is 0. The van der Waals surface area contributed by atoms with Crippen molar-refractivity contribution in [1.82, 2.24) is 15.5 Å². The van der Waals surface area contributed by atoms with E-state index in [1.54, 1.807) is 0 Å². The van der Waals surface area contributed by atoms with Crippen LogP contribution in [0.25, 0.3) is 0 Å². The standard InChI is InChI=1S/C12H23N3O/c16-12(15-7-2-1-3-8-15)10-13-9-11-5-4-6-14-11/h11,13-14H,1-10H2. The number of likely N-dealkylation sites (tertiary alicyclic amines) is 1. The van der Waals surface area contributed by atoms with Crippen LogP contribution in [-0.2, 0) is 4.79 Å². The summed E-state index contributed by atoms with van der Waals surface area (Å²) in [5.41, 5.74) is 0. The zero-order chi connectivity index (χ0) is 11.2. The van der Waals surface area contributed by atoms with Crippen LogP contribution in [0.15, 0.2) is 0 Å². The fourth-order valence-corrected chi connectivity index (χ4v) is 2.54. The Labute approximate surface area is 97.8 Å². The van der Waals surface area contributed by atoms with Crippen LogP contribution in [0.4, 0.5) is 0 Å². The summed E-state index contributed by atoms with van der Waals surface area (Å²) < 4.78 is 0. The molecule has 92 valence electrons. The average molecular weight is 225 g/mol. The topological polar surface area (TPSA) is 44.4 Å². The Morgan fingerprint density at radius 2 is 2.06 bits per heavy atom. The van der Waals surface area contributed by atoms with Crippen molar-refractivity contribution in [1.29, 1.82) is 0 Å². The molecule has 0 saturated carbocycles. The molecule has 0 aromatic heterocycles. The molecule has 0 spiro atoms. The molecular formula is C12H23N3O. The Morgan fingerprint density at radius 3 is 2.75 bits per heavy atom. The highest BCUT2D eigenvalue weighted by Crippen LogP contribution is 2.08. The lowest BCUT2D eigenvalue weighted by atomic mass is 10.1. The first kappa shape index (κ1) is 11.9. The summed E-state index contributed by atoms with van der Waals surface area (Å²) in [6.45, 7) is 4.49. The van der Waals surface area contributed by atoms with E-state index in [-0.39, 0.29) is 5.91 Å². The fourth-order valence-electron chi connectivity index (χ4n) is 2.54. The summed E-state index contributed by atoms with van der Waals surface area (Å²) in [4.78, 5) is 13.8. The summed E-state index contributed by atoms with van der Waals surface area (Å²) in [6, 6.07) is 0.578. The first-order valence-corrected chi connectivity index (χ1v) is 6.58. The van der Waals surface area contributed by atoms with Crippen LogP contribution in [0.3, 0.4) is 0 Å². The van der Waals surface area contributed by atoms with Crippen molar-refractivity contribution in [3.8, 4) is 0 Å². The predicted octanol–water partition coefficient (Wildman–Crippen LogP) is 0.341. The van der Waals surface area contributed by atoms with Crippen molar-refractivity contribution in [2.45, 2.75) is 38.1 Å². The third kappa shape index (κ3) is 3.46. The number of nitrogens with zero attached hydrogens (tertiary/aromatic N) is 1. The van der Waals surface area contributed by atoms with Gasteiger partial charge in [-0.05, 0) is 38.6 Å². The summed E-state index contributed by atoms with van der Waals surface area (Å²) in [5, 5.41) is 6.69. The van der Waals surface area contributed by atoms with E-state index < -0.39 is 0 Å². The minimum absolute atomic E-state index is 0.276. The molecule has 1 atom stereocenters. The van der Waals surface area contributed by atoms with Crippen LogP contribution < -0.4 is 10.6 Å². The normalized spacial score (nSPS) is 26.0. The molecule has 2 fully saturated rings. The van der Waals surface area contributed by atoms with Crippen molar-refractivity contribution in [2.75, 3.05) is 32.7 Å². The molecule has 0 aromatic rings. The number of rotatable bonds is 4. The molecule has 2 rings (SSSR count). The van der Waals surface area contributed by atoms with Crippen molar-refractivity contribution in [2.24, 2.45) is 0 Å². The number of piperidine rings is 1. The summed E-state index contributed by atoms with van der Waals surface area (Å²) >= 11 is 0. The van der Waals surface area contributed by atoms with Gasteiger partial charge in [0.15, 0.2) is 0 Å². The van der Waals surface area contributed by atoms with Crippen LogP contribution in [0.2, 0.25) is 0 Å². The molecular weight excluding hydrogens is 202 g/mol. The number of amides is 1. The van der Waals surface area contributed by atoms with Crippen molar-refractivity contribution < 1.29 is 4.79 Å². The second-order valence-electron chi connectivity index (χ2n) is 4.87. The average Bonchev–Trinajstić information content (AvgIpc) is 2.83. The zero-order valence-corrected chi connectivity index (χ0v) is 10.0. The monoisotopic (exact) mass is 225 g/mol. The lowest BCUT2D eigenvalue weighted by Crippen LogP contribution is -2.43. The molecule has 2 heterocycles. The number of hydrogen-bond donors (Lipinski definition) is 2. The fraction of sp³-hybridized carbons (Fsp3) is 0.917. The predicted molar refractivity (Wildman–Crippen MR) is 64.3 cm³/mol. The van der Waals surface area contributed by atoms with E-state index in [1.165, 1.54) is 32.1 Å². The maximum Gasteiger partial charge on any atom is 0.236 e. The second-order valence-corrected chi connectivity index (χ2v) is 4.87. The minimum atomic E-state index is 0.276. The molecule has 0 aliphatic carbocycles. The van der Waals surface area contributed by atoms with Gasteiger partial charge in [-0.1, -0.05) is 0 Å². The highest BCUT2D eigenvalue weighted by atomic mass is 16.2. The largest absolute Gasteiger partial charge is 0.342 e. The smallest absolute Gasteiger partial charge is 0.236 e. The maximum absolute atomic E-state index is 11.8. The molecule has 4 nitrogen and oxygen atoms in total. The number of carbonyl (C=O) groups excluding carboxylic acids is 1.